The molecule has 0 fully saturated rings. The summed E-state index contributed by atoms with van der Waals surface area (Å²) in [6, 6.07) is 15.5. The Kier molecular flexibility index (Phi) is 5.19. The van der Waals surface area contributed by atoms with Gasteiger partial charge in [0.1, 0.15) is 23.1 Å². The Bertz CT molecular complexity index is 911. The number of rotatable bonds is 6. The maximum atomic E-state index is 9.72. The Morgan fingerprint density at radius 2 is 1.81 bits per heavy atom. The van der Waals surface area contributed by atoms with Gasteiger partial charge in [0.25, 0.3) is 0 Å². The fraction of sp³-hybridized carbons (Fsp3) is 0.0526. The predicted octanol–water partition coefficient (Wildman–Crippen LogP) is 3.69. The standard InChI is InChI=1S/C19H18N4O3/c1-26-17-6-3-14(4-7-17)22-15-8-9-20-19(10-15)23-21-12-13-2-5-16(24)11-18(13)25/h2-12,24-25H,1H3,(H2,20,22,23)/b21-12+. The molecule has 3 rings (SSSR count). The van der Waals surface area contributed by atoms with E-state index in [4.69, 9.17) is 4.74 Å². The van der Waals surface area contributed by atoms with Gasteiger partial charge in [-0.3, -0.25) is 5.43 Å². The summed E-state index contributed by atoms with van der Waals surface area (Å²) in [4.78, 5) is 4.19. The summed E-state index contributed by atoms with van der Waals surface area (Å²) in [5, 5.41) is 26.3. The van der Waals surface area contributed by atoms with Crippen LogP contribution in [0.1, 0.15) is 5.56 Å². The first-order valence-electron chi connectivity index (χ1n) is 7.82. The van der Waals surface area contributed by atoms with Gasteiger partial charge in [-0.15, -0.1) is 0 Å². The molecule has 1 aromatic heterocycles. The Hall–Kier alpha value is -3.74. The van der Waals surface area contributed by atoms with Gasteiger partial charge >= 0.3 is 0 Å². The van der Waals surface area contributed by atoms with Crippen LogP contribution < -0.4 is 15.5 Å². The van der Waals surface area contributed by atoms with Crippen molar-refractivity contribution >= 4 is 23.4 Å². The van der Waals surface area contributed by atoms with Crippen LogP contribution >= 0.6 is 0 Å². The second-order valence-corrected chi connectivity index (χ2v) is 5.40. The first kappa shape index (κ1) is 17.1. The van der Waals surface area contributed by atoms with Crippen LogP contribution in [0, 0.1) is 0 Å². The number of ether oxygens (including phenoxy) is 1. The molecule has 132 valence electrons. The molecule has 7 nitrogen and oxygen atoms in total. The maximum absolute atomic E-state index is 9.72. The zero-order chi connectivity index (χ0) is 18.4. The van der Waals surface area contributed by atoms with Crippen LogP contribution in [0.25, 0.3) is 0 Å². The fourth-order valence-corrected chi connectivity index (χ4v) is 2.22. The summed E-state index contributed by atoms with van der Waals surface area (Å²) in [7, 11) is 1.63. The van der Waals surface area contributed by atoms with E-state index in [9.17, 15) is 10.2 Å². The minimum atomic E-state index is -0.0570. The van der Waals surface area contributed by atoms with E-state index in [1.54, 1.807) is 25.4 Å². The van der Waals surface area contributed by atoms with Crippen molar-refractivity contribution < 1.29 is 14.9 Å². The molecular weight excluding hydrogens is 332 g/mol. The van der Waals surface area contributed by atoms with Crippen LogP contribution in [0.2, 0.25) is 0 Å². The van der Waals surface area contributed by atoms with Crippen molar-refractivity contribution in [2.24, 2.45) is 5.10 Å². The Balaban J connectivity index is 1.65. The summed E-state index contributed by atoms with van der Waals surface area (Å²) in [6.45, 7) is 0. The molecule has 7 heteroatoms. The molecule has 0 saturated carbocycles. The van der Waals surface area contributed by atoms with E-state index in [-0.39, 0.29) is 11.5 Å². The highest BCUT2D eigenvalue weighted by Gasteiger charge is 2.00. The number of phenolic OH excluding ortho intramolecular Hbond substituents is 2. The molecule has 1 heterocycles. The van der Waals surface area contributed by atoms with Gasteiger partial charge in [0.15, 0.2) is 0 Å². The second-order valence-electron chi connectivity index (χ2n) is 5.40. The van der Waals surface area contributed by atoms with Crippen LogP contribution in [0.15, 0.2) is 65.9 Å². The van der Waals surface area contributed by atoms with Gasteiger partial charge in [0, 0.05) is 35.3 Å². The third-order valence-corrected chi connectivity index (χ3v) is 3.54. The van der Waals surface area contributed by atoms with Crippen molar-refractivity contribution in [2.75, 3.05) is 17.9 Å². The van der Waals surface area contributed by atoms with E-state index in [0.717, 1.165) is 17.1 Å². The largest absolute Gasteiger partial charge is 0.508 e. The SMILES string of the molecule is COc1ccc(Nc2ccnc(N/N=C/c3ccc(O)cc3O)c2)cc1. The molecule has 26 heavy (non-hydrogen) atoms. The topological polar surface area (TPSA) is 99.0 Å². The van der Waals surface area contributed by atoms with Crippen LogP contribution in [-0.2, 0) is 0 Å². The highest BCUT2D eigenvalue weighted by atomic mass is 16.5. The van der Waals surface area contributed by atoms with Crippen molar-refractivity contribution in [1.29, 1.82) is 0 Å². The number of phenols is 2. The number of anilines is 3. The summed E-state index contributed by atoms with van der Waals surface area (Å²) < 4.78 is 5.14. The highest BCUT2D eigenvalue weighted by Crippen LogP contribution is 2.22. The van der Waals surface area contributed by atoms with Gasteiger partial charge in [-0.1, -0.05) is 0 Å². The molecule has 2 aromatic carbocycles. The van der Waals surface area contributed by atoms with E-state index >= 15 is 0 Å². The minimum absolute atomic E-state index is 0.00779. The van der Waals surface area contributed by atoms with Crippen LogP contribution in [0.4, 0.5) is 17.2 Å². The van der Waals surface area contributed by atoms with Gasteiger partial charge in [-0.25, -0.2) is 4.98 Å². The van der Waals surface area contributed by atoms with Gasteiger partial charge < -0.3 is 20.3 Å². The molecule has 3 aromatic rings. The number of hydrogen-bond donors (Lipinski definition) is 4. The lowest BCUT2D eigenvalue weighted by Crippen LogP contribution is -1.96. The summed E-state index contributed by atoms with van der Waals surface area (Å²) in [6.07, 6.45) is 3.10. The molecule has 0 radical (unpaired) electrons. The van der Waals surface area contributed by atoms with Gasteiger partial charge in [-0.2, -0.15) is 5.10 Å². The molecule has 0 bridgehead atoms. The summed E-state index contributed by atoms with van der Waals surface area (Å²) >= 11 is 0. The summed E-state index contributed by atoms with van der Waals surface area (Å²) in [5.41, 5.74) is 5.04. The van der Waals surface area contributed by atoms with Crippen molar-refractivity contribution in [3.8, 4) is 17.2 Å². The van der Waals surface area contributed by atoms with Crippen LogP contribution in [0.5, 0.6) is 17.2 Å². The smallest absolute Gasteiger partial charge is 0.148 e. The van der Waals surface area contributed by atoms with Crippen molar-refractivity contribution in [2.45, 2.75) is 0 Å². The lowest BCUT2D eigenvalue weighted by Gasteiger charge is -2.08. The number of nitrogens with zero attached hydrogens (tertiary/aromatic N) is 2. The maximum Gasteiger partial charge on any atom is 0.148 e. The van der Waals surface area contributed by atoms with E-state index in [0.29, 0.717) is 11.4 Å². The van der Waals surface area contributed by atoms with Crippen molar-refractivity contribution in [1.82, 2.24) is 4.98 Å². The average molecular weight is 350 g/mol. The van der Waals surface area contributed by atoms with E-state index in [1.807, 2.05) is 30.3 Å². The summed E-state index contributed by atoms with van der Waals surface area (Å²) in [5.74, 6) is 1.27. The molecule has 0 saturated heterocycles. The molecule has 0 aliphatic rings. The average Bonchev–Trinajstić information content (AvgIpc) is 2.64. The molecule has 4 N–H and O–H groups in total. The van der Waals surface area contributed by atoms with E-state index < -0.39 is 0 Å². The number of nitrogens with one attached hydrogen (secondary N) is 2. The molecule has 0 unspecified atom stereocenters. The number of hydrogen-bond acceptors (Lipinski definition) is 7. The van der Waals surface area contributed by atoms with Crippen molar-refractivity contribution in [3.63, 3.8) is 0 Å². The second kappa shape index (κ2) is 7.89. The molecule has 0 aliphatic carbocycles. The first-order chi connectivity index (χ1) is 12.6. The molecular formula is C19H18N4O3. The van der Waals surface area contributed by atoms with E-state index in [2.05, 4.69) is 20.8 Å². The molecule has 0 aliphatic heterocycles. The van der Waals surface area contributed by atoms with Gasteiger partial charge in [0.05, 0.1) is 13.3 Å². The molecule has 0 spiro atoms. The number of benzene rings is 2. The lowest BCUT2D eigenvalue weighted by atomic mass is 10.2. The third kappa shape index (κ3) is 4.41. The van der Waals surface area contributed by atoms with Crippen LogP contribution in [0.3, 0.4) is 0 Å². The zero-order valence-corrected chi connectivity index (χ0v) is 14.0. The van der Waals surface area contributed by atoms with Crippen molar-refractivity contribution in [3.05, 3.63) is 66.4 Å². The number of aromatic hydroxyl groups is 2. The number of methoxy groups -OCH3 is 1. The van der Waals surface area contributed by atoms with Gasteiger partial charge in [0.2, 0.25) is 0 Å². The number of hydrazone groups is 1. The lowest BCUT2D eigenvalue weighted by molar-refractivity contribution is 0.415. The zero-order valence-electron chi connectivity index (χ0n) is 14.0. The van der Waals surface area contributed by atoms with Crippen LogP contribution in [-0.4, -0.2) is 28.5 Å². The van der Waals surface area contributed by atoms with E-state index in [1.165, 1.54) is 18.3 Å². The number of pyridine rings is 1. The Labute approximate surface area is 150 Å². The monoisotopic (exact) mass is 350 g/mol. The van der Waals surface area contributed by atoms with Gasteiger partial charge in [-0.05, 0) is 42.5 Å². The normalized spacial score (nSPS) is 10.7. The molecule has 0 amide bonds. The number of aromatic nitrogens is 1. The first-order valence-corrected chi connectivity index (χ1v) is 7.82. The third-order valence-electron chi connectivity index (χ3n) is 3.54. The Morgan fingerprint density at radius 1 is 1.00 bits per heavy atom. The predicted molar refractivity (Wildman–Crippen MR) is 102 cm³/mol. The highest BCUT2D eigenvalue weighted by molar-refractivity contribution is 5.84. The Morgan fingerprint density at radius 3 is 2.54 bits per heavy atom. The molecule has 0 atom stereocenters. The minimum Gasteiger partial charge on any atom is -0.508 e. The fourth-order valence-electron chi connectivity index (χ4n) is 2.22. The quantitative estimate of drug-likeness (QED) is 0.400.